The van der Waals surface area contributed by atoms with Crippen molar-refractivity contribution in [3.63, 3.8) is 0 Å². The van der Waals surface area contributed by atoms with E-state index in [-0.39, 0.29) is 11.7 Å². The highest BCUT2D eigenvalue weighted by molar-refractivity contribution is 7.89. The number of rotatable bonds is 4. The third-order valence-electron chi connectivity index (χ3n) is 5.36. The van der Waals surface area contributed by atoms with Crippen LogP contribution in [-0.2, 0) is 10.0 Å². The lowest BCUT2D eigenvalue weighted by atomic mass is 9.87. The molecule has 3 aromatic rings. The van der Waals surface area contributed by atoms with Crippen molar-refractivity contribution in [1.29, 1.82) is 0 Å². The van der Waals surface area contributed by atoms with Crippen molar-refractivity contribution in [3.05, 3.63) is 24.3 Å². The van der Waals surface area contributed by atoms with Gasteiger partial charge < -0.3 is 9.55 Å². The van der Waals surface area contributed by atoms with Gasteiger partial charge in [-0.25, -0.2) is 23.1 Å². The molecule has 1 saturated carbocycles. The SMILES string of the molecule is CNS(=O)(=O)C[C@H]1CC[C@H](n2c(C)nc3cnc4[nH]ccc4c32)CC1. The zero-order valence-corrected chi connectivity index (χ0v) is 15.3. The van der Waals surface area contributed by atoms with Gasteiger partial charge in [-0.3, -0.25) is 0 Å². The number of aromatic nitrogens is 4. The normalized spacial score (nSPS) is 22.0. The quantitative estimate of drug-likeness (QED) is 0.747. The molecule has 8 heteroatoms. The molecule has 1 fully saturated rings. The number of H-pyrrole nitrogens is 1. The van der Waals surface area contributed by atoms with Crippen LogP contribution in [-0.4, -0.2) is 40.7 Å². The van der Waals surface area contributed by atoms with Crippen LogP contribution in [0.25, 0.3) is 22.1 Å². The number of aromatic amines is 1. The number of sulfonamides is 1. The summed E-state index contributed by atoms with van der Waals surface area (Å²) >= 11 is 0. The smallest absolute Gasteiger partial charge is 0.211 e. The van der Waals surface area contributed by atoms with E-state index in [2.05, 4.69) is 19.3 Å². The Bertz CT molecular complexity index is 1010. The molecule has 0 spiro atoms. The Labute approximate surface area is 146 Å². The Balaban J connectivity index is 1.63. The summed E-state index contributed by atoms with van der Waals surface area (Å²) in [6, 6.07) is 2.41. The molecule has 0 saturated heterocycles. The first-order valence-electron chi connectivity index (χ1n) is 8.70. The van der Waals surface area contributed by atoms with Crippen molar-refractivity contribution in [3.8, 4) is 0 Å². The van der Waals surface area contributed by atoms with Crippen molar-refractivity contribution in [1.82, 2.24) is 24.2 Å². The first-order chi connectivity index (χ1) is 12.0. The Morgan fingerprint density at radius 3 is 2.80 bits per heavy atom. The maximum absolute atomic E-state index is 11.8. The highest BCUT2D eigenvalue weighted by Gasteiger charge is 2.28. The van der Waals surface area contributed by atoms with Crippen LogP contribution in [0.5, 0.6) is 0 Å². The van der Waals surface area contributed by atoms with E-state index in [0.29, 0.717) is 6.04 Å². The average Bonchev–Trinajstić information content (AvgIpc) is 3.18. The molecule has 0 atom stereocenters. The second kappa shape index (κ2) is 6.10. The Morgan fingerprint density at radius 2 is 2.08 bits per heavy atom. The molecule has 0 radical (unpaired) electrons. The van der Waals surface area contributed by atoms with Gasteiger partial charge in [-0.05, 0) is 51.6 Å². The Morgan fingerprint density at radius 1 is 1.32 bits per heavy atom. The van der Waals surface area contributed by atoms with Crippen molar-refractivity contribution >= 4 is 32.1 Å². The summed E-state index contributed by atoms with van der Waals surface area (Å²) < 4.78 is 28.3. The maximum atomic E-state index is 11.8. The van der Waals surface area contributed by atoms with Crippen LogP contribution in [0.1, 0.15) is 37.5 Å². The molecule has 0 bridgehead atoms. The predicted molar refractivity (Wildman–Crippen MR) is 98.0 cm³/mol. The van der Waals surface area contributed by atoms with Crippen LogP contribution in [0.2, 0.25) is 0 Å². The van der Waals surface area contributed by atoms with E-state index in [1.54, 1.807) is 0 Å². The summed E-state index contributed by atoms with van der Waals surface area (Å²) in [6.07, 6.45) is 7.53. The number of hydrogen-bond donors (Lipinski definition) is 2. The summed E-state index contributed by atoms with van der Waals surface area (Å²) in [5.74, 6) is 1.46. The van der Waals surface area contributed by atoms with Gasteiger partial charge in [-0.1, -0.05) is 0 Å². The van der Waals surface area contributed by atoms with Crippen LogP contribution in [0, 0.1) is 12.8 Å². The zero-order valence-electron chi connectivity index (χ0n) is 14.5. The molecule has 3 aromatic heterocycles. The van der Waals surface area contributed by atoms with Crippen LogP contribution in [0.3, 0.4) is 0 Å². The molecule has 0 aliphatic heterocycles. The third kappa shape index (κ3) is 2.93. The highest BCUT2D eigenvalue weighted by Crippen LogP contribution is 2.37. The molecule has 134 valence electrons. The number of nitrogens with one attached hydrogen (secondary N) is 2. The maximum Gasteiger partial charge on any atom is 0.211 e. The van der Waals surface area contributed by atoms with Gasteiger partial charge in [0.1, 0.15) is 17.0 Å². The van der Waals surface area contributed by atoms with E-state index in [9.17, 15) is 8.42 Å². The molecule has 1 aliphatic rings. The summed E-state index contributed by atoms with van der Waals surface area (Å²) in [6.45, 7) is 2.04. The summed E-state index contributed by atoms with van der Waals surface area (Å²) in [5.41, 5.74) is 2.93. The number of pyridine rings is 1. The lowest BCUT2D eigenvalue weighted by Gasteiger charge is -2.30. The van der Waals surface area contributed by atoms with Crippen molar-refractivity contribution in [2.75, 3.05) is 12.8 Å². The van der Waals surface area contributed by atoms with Crippen molar-refractivity contribution < 1.29 is 8.42 Å². The second-order valence-corrected chi connectivity index (χ2v) is 8.89. The molecule has 0 amide bonds. The number of nitrogens with zero attached hydrogens (tertiary/aromatic N) is 3. The fraction of sp³-hybridized carbons (Fsp3) is 0.529. The molecule has 2 N–H and O–H groups in total. The summed E-state index contributed by atoms with van der Waals surface area (Å²) in [7, 11) is -1.65. The van der Waals surface area contributed by atoms with Gasteiger partial charge in [-0.2, -0.15) is 0 Å². The van der Waals surface area contributed by atoms with Gasteiger partial charge in [0.2, 0.25) is 10.0 Å². The van der Waals surface area contributed by atoms with E-state index >= 15 is 0 Å². The zero-order chi connectivity index (χ0) is 17.6. The lowest BCUT2D eigenvalue weighted by molar-refractivity contribution is 0.292. The van der Waals surface area contributed by atoms with Gasteiger partial charge in [0.15, 0.2) is 0 Å². The number of imidazole rings is 1. The molecule has 0 aromatic carbocycles. The lowest BCUT2D eigenvalue weighted by Crippen LogP contribution is -2.29. The third-order valence-corrected chi connectivity index (χ3v) is 6.89. The molecule has 0 unspecified atom stereocenters. The molecule has 3 heterocycles. The van der Waals surface area contributed by atoms with Gasteiger partial charge in [0.25, 0.3) is 0 Å². The van der Waals surface area contributed by atoms with E-state index in [4.69, 9.17) is 4.98 Å². The first kappa shape index (κ1) is 16.5. The Kier molecular flexibility index (Phi) is 4.04. The van der Waals surface area contributed by atoms with Crippen LogP contribution >= 0.6 is 0 Å². The minimum Gasteiger partial charge on any atom is -0.346 e. The topological polar surface area (TPSA) is 92.7 Å². The van der Waals surface area contributed by atoms with E-state index < -0.39 is 10.0 Å². The summed E-state index contributed by atoms with van der Waals surface area (Å²) in [4.78, 5) is 12.3. The van der Waals surface area contributed by atoms with Crippen LogP contribution in [0.15, 0.2) is 18.5 Å². The molecule has 7 nitrogen and oxygen atoms in total. The second-order valence-electron chi connectivity index (χ2n) is 6.92. The van der Waals surface area contributed by atoms with E-state index in [1.807, 2.05) is 25.4 Å². The molecular weight excluding hydrogens is 338 g/mol. The number of aryl methyl sites for hydroxylation is 1. The molecular formula is C17H23N5O2S. The fourth-order valence-corrected chi connectivity index (χ4v) is 5.24. The van der Waals surface area contributed by atoms with Crippen molar-refractivity contribution in [2.45, 2.75) is 38.6 Å². The average molecular weight is 361 g/mol. The molecule has 1 aliphatic carbocycles. The highest BCUT2D eigenvalue weighted by atomic mass is 32.2. The van der Waals surface area contributed by atoms with Gasteiger partial charge >= 0.3 is 0 Å². The molecule has 25 heavy (non-hydrogen) atoms. The van der Waals surface area contributed by atoms with Gasteiger partial charge in [0, 0.05) is 17.6 Å². The van der Waals surface area contributed by atoms with Crippen LogP contribution in [0.4, 0.5) is 0 Å². The minimum atomic E-state index is -3.14. The standard InChI is InChI=1S/C17H23N5O2S/c1-11-21-15-9-20-17-14(7-8-19-17)16(15)22(11)13-5-3-12(4-6-13)10-25(23,24)18-2/h7-9,12-13,18H,3-6,10H2,1-2H3,(H,19,20)/t12-,13-. The fourth-order valence-electron chi connectivity index (χ4n) is 4.12. The first-order valence-corrected chi connectivity index (χ1v) is 10.4. The van der Waals surface area contributed by atoms with Crippen LogP contribution < -0.4 is 4.72 Å². The predicted octanol–water partition coefficient (Wildman–Crippen LogP) is 2.50. The van der Waals surface area contributed by atoms with E-state index in [1.165, 1.54) is 7.05 Å². The van der Waals surface area contributed by atoms with Crippen molar-refractivity contribution in [2.24, 2.45) is 5.92 Å². The van der Waals surface area contributed by atoms with Gasteiger partial charge in [-0.15, -0.1) is 0 Å². The largest absolute Gasteiger partial charge is 0.346 e. The number of hydrogen-bond acceptors (Lipinski definition) is 4. The van der Waals surface area contributed by atoms with E-state index in [0.717, 1.165) is 53.6 Å². The molecule has 4 rings (SSSR count). The monoisotopic (exact) mass is 361 g/mol. The Hall–Kier alpha value is -1.93. The number of fused-ring (bicyclic) bond motifs is 3. The van der Waals surface area contributed by atoms with Gasteiger partial charge in [0.05, 0.1) is 17.5 Å². The minimum absolute atomic E-state index is 0.228. The summed E-state index contributed by atoms with van der Waals surface area (Å²) in [5, 5.41) is 1.10.